The van der Waals surface area contributed by atoms with Gasteiger partial charge in [0.2, 0.25) is 11.7 Å². The topological polar surface area (TPSA) is 82.7 Å². The number of rotatable bonds is 5. The molecule has 7 nitrogen and oxygen atoms in total. The maximum absolute atomic E-state index is 11.0. The summed E-state index contributed by atoms with van der Waals surface area (Å²) in [6.45, 7) is 7.40. The van der Waals surface area contributed by atoms with Crippen molar-refractivity contribution < 1.29 is 14.4 Å². The molecule has 2 aromatic rings. The number of aliphatic carboxylic acids is 1. The second-order valence-electron chi connectivity index (χ2n) is 6.20. The molecular weight excluding hydrogens is 308 g/mol. The largest absolute Gasteiger partial charge is 0.480 e. The highest BCUT2D eigenvalue weighted by atomic mass is 16.5. The predicted octanol–water partition coefficient (Wildman–Crippen LogP) is 1.64. The first kappa shape index (κ1) is 16.6. The van der Waals surface area contributed by atoms with Gasteiger partial charge in [-0.3, -0.25) is 14.6 Å². The number of piperazine rings is 1. The van der Waals surface area contributed by atoms with Crippen LogP contribution in [0.4, 0.5) is 0 Å². The van der Waals surface area contributed by atoms with Gasteiger partial charge in [-0.15, -0.1) is 0 Å². The number of nitrogens with zero attached hydrogens (tertiary/aromatic N) is 4. The van der Waals surface area contributed by atoms with Gasteiger partial charge in [0.15, 0.2) is 0 Å². The first-order chi connectivity index (χ1) is 11.5. The van der Waals surface area contributed by atoms with Gasteiger partial charge in [0.05, 0.1) is 6.54 Å². The molecule has 1 aliphatic heterocycles. The maximum atomic E-state index is 11.0. The fourth-order valence-corrected chi connectivity index (χ4v) is 2.80. The summed E-state index contributed by atoms with van der Waals surface area (Å²) in [6, 6.07) is 7.57. The predicted molar refractivity (Wildman–Crippen MR) is 88.4 cm³/mol. The molecule has 0 radical (unpaired) electrons. The summed E-state index contributed by atoms with van der Waals surface area (Å²) in [4.78, 5) is 19.7. The van der Waals surface area contributed by atoms with Gasteiger partial charge >= 0.3 is 5.97 Å². The Balaban J connectivity index is 1.56. The van der Waals surface area contributed by atoms with Crippen molar-refractivity contribution in [3.63, 3.8) is 0 Å². The molecule has 0 amide bonds. The summed E-state index contributed by atoms with van der Waals surface area (Å²) >= 11 is 0. The lowest BCUT2D eigenvalue weighted by Crippen LogP contribution is -2.51. The van der Waals surface area contributed by atoms with Crippen LogP contribution in [-0.2, 0) is 11.3 Å². The van der Waals surface area contributed by atoms with Crippen molar-refractivity contribution in [2.75, 3.05) is 26.2 Å². The summed E-state index contributed by atoms with van der Waals surface area (Å²) in [5.74, 6) is 0.413. The maximum Gasteiger partial charge on any atom is 0.320 e. The monoisotopic (exact) mass is 330 g/mol. The quantitative estimate of drug-likeness (QED) is 0.892. The summed E-state index contributed by atoms with van der Waals surface area (Å²) < 4.78 is 5.35. The van der Waals surface area contributed by atoms with Crippen LogP contribution >= 0.6 is 0 Å². The lowest BCUT2D eigenvalue weighted by molar-refractivity contribution is -0.143. The summed E-state index contributed by atoms with van der Waals surface area (Å²) in [5, 5.41) is 13.1. The summed E-state index contributed by atoms with van der Waals surface area (Å²) in [7, 11) is 0. The van der Waals surface area contributed by atoms with Crippen LogP contribution in [0.15, 0.2) is 28.8 Å². The Bertz CT molecular complexity index is 690. The van der Waals surface area contributed by atoms with E-state index in [1.807, 2.05) is 36.1 Å². The van der Waals surface area contributed by atoms with Gasteiger partial charge in [0.25, 0.3) is 0 Å². The minimum Gasteiger partial charge on any atom is -0.480 e. The number of hydrogen-bond acceptors (Lipinski definition) is 6. The number of carboxylic acids is 1. The van der Waals surface area contributed by atoms with Crippen molar-refractivity contribution in [3.05, 3.63) is 35.7 Å². The highest BCUT2D eigenvalue weighted by Crippen LogP contribution is 2.17. The minimum absolute atomic E-state index is 0.441. The number of aryl methyl sites for hydroxylation is 1. The number of benzene rings is 1. The average molecular weight is 330 g/mol. The van der Waals surface area contributed by atoms with E-state index in [1.54, 1.807) is 6.92 Å². The number of hydrogen-bond donors (Lipinski definition) is 1. The van der Waals surface area contributed by atoms with E-state index in [1.165, 1.54) is 5.56 Å². The van der Waals surface area contributed by atoms with Crippen molar-refractivity contribution in [2.24, 2.45) is 0 Å². The lowest BCUT2D eigenvalue weighted by atomic mass is 10.1. The Morgan fingerprint density at radius 2 is 1.92 bits per heavy atom. The van der Waals surface area contributed by atoms with Crippen LogP contribution in [0.1, 0.15) is 18.4 Å². The normalized spacial score (nSPS) is 17.8. The van der Waals surface area contributed by atoms with Crippen LogP contribution in [0.5, 0.6) is 0 Å². The first-order valence-electron chi connectivity index (χ1n) is 8.12. The highest BCUT2D eigenvalue weighted by molar-refractivity contribution is 5.72. The third-order valence-electron chi connectivity index (χ3n) is 4.45. The molecule has 7 heteroatoms. The van der Waals surface area contributed by atoms with E-state index >= 15 is 0 Å². The SMILES string of the molecule is Cc1ccc(-c2noc(CN3CCN(C(C)C(=O)O)CC3)n2)cc1. The van der Waals surface area contributed by atoms with Gasteiger partial charge in [0, 0.05) is 31.7 Å². The number of aromatic nitrogens is 2. The first-order valence-corrected chi connectivity index (χ1v) is 8.12. The number of carboxylic acid groups (broad SMARTS) is 1. The fourth-order valence-electron chi connectivity index (χ4n) is 2.80. The molecule has 1 unspecified atom stereocenters. The van der Waals surface area contributed by atoms with Crippen LogP contribution in [0.2, 0.25) is 0 Å². The van der Waals surface area contributed by atoms with Crippen molar-refractivity contribution in [3.8, 4) is 11.4 Å². The van der Waals surface area contributed by atoms with Gasteiger partial charge in [-0.2, -0.15) is 4.98 Å². The van der Waals surface area contributed by atoms with Crippen LogP contribution in [-0.4, -0.2) is 63.2 Å². The van der Waals surface area contributed by atoms with Gasteiger partial charge in [-0.1, -0.05) is 35.0 Å². The zero-order valence-corrected chi connectivity index (χ0v) is 14.0. The Hall–Kier alpha value is -2.25. The molecule has 1 N–H and O–H groups in total. The average Bonchev–Trinajstić information content (AvgIpc) is 3.04. The highest BCUT2D eigenvalue weighted by Gasteiger charge is 2.25. The summed E-state index contributed by atoms with van der Waals surface area (Å²) in [5.41, 5.74) is 2.13. The minimum atomic E-state index is -0.775. The Morgan fingerprint density at radius 3 is 2.54 bits per heavy atom. The van der Waals surface area contributed by atoms with E-state index in [9.17, 15) is 4.79 Å². The van der Waals surface area contributed by atoms with Crippen LogP contribution in [0.3, 0.4) is 0 Å². The van der Waals surface area contributed by atoms with Gasteiger partial charge < -0.3 is 9.63 Å². The second kappa shape index (κ2) is 7.11. The van der Waals surface area contributed by atoms with E-state index in [4.69, 9.17) is 9.63 Å². The molecule has 1 fully saturated rings. The molecule has 1 saturated heterocycles. The smallest absolute Gasteiger partial charge is 0.320 e. The fraction of sp³-hybridized carbons (Fsp3) is 0.471. The molecule has 1 aliphatic rings. The molecule has 0 aliphatic carbocycles. The van der Waals surface area contributed by atoms with E-state index < -0.39 is 12.0 Å². The Kier molecular flexibility index (Phi) is 4.92. The van der Waals surface area contributed by atoms with Gasteiger partial charge in [-0.05, 0) is 13.8 Å². The van der Waals surface area contributed by atoms with Crippen LogP contribution in [0, 0.1) is 6.92 Å². The molecule has 128 valence electrons. The van der Waals surface area contributed by atoms with Crippen molar-refractivity contribution >= 4 is 5.97 Å². The zero-order valence-electron chi connectivity index (χ0n) is 14.0. The molecule has 1 aromatic heterocycles. The van der Waals surface area contributed by atoms with Crippen molar-refractivity contribution in [1.82, 2.24) is 19.9 Å². The van der Waals surface area contributed by atoms with Crippen molar-refractivity contribution in [1.29, 1.82) is 0 Å². The zero-order chi connectivity index (χ0) is 17.1. The van der Waals surface area contributed by atoms with Gasteiger partial charge in [0.1, 0.15) is 6.04 Å². The van der Waals surface area contributed by atoms with E-state index in [0.717, 1.165) is 31.7 Å². The van der Waals surface area contributed by atoms with E-state index in [-0.39, 0.29) is 0 Å². The van der Waals surface area contributed by atoms with Crippen LogP contribution < -0.4 is 0 Å². The Morgan fingerprint density at radius 1 is 1.25 bits per heavy atom. The summed E-state index contributed by atoms with van der Waals surface area (Å²) in [6.07, 6.45) is 0. The van der Waals surface area contributed by atoms with E-state index in [2.05, 4.69) is 15.0 Å². The molecule has 1 aromatic carbocycles. The molecule has 1 atom stereocenters. The molecular formula is C17H22N4O3. The molecule has 2 heterocycles. The Labute approximate surface area is 140 Å². The van der Waals surface area contributed by atoms with Gasteiger partial charge in [-0.25, -0.2) is 0 Å². The molecule has 0 saturated carbocycles. The van der Waals surface area contributed by atoms with Crippen LogP contribution in [0.25, 0.3) is 11.4 Å². The standard InChI is InChI=1S/C17H22N4O3/c1-12-3-5-14(6-4-12)16-18-15(24-19-16)11-20-7-9-21(10-8-20)13(2)17(22)23/h3-6,13H,7-11H2,1-2H3,(H,22,23). The lowest BCUT2D eigenvalue weighted by Gasteiger charge is -2.35. The molecule has 24 heavy (non-hydrogen) atoms. The van der Waals surface area contributed by atoms with Crippen molar-refractivity contribution in [2.45, 2.75) is 26.4 Å². The van der Waals surface area contributed by atoms with E-state index in [0.29, 0.717) is 18.3 Å². The number of carbonyl (C=O) groups is 1. The molecule has 0 spiro atoms. The molecule has 0 bridgehead atoms. The third-order valence-corrected chi connectivity index (χ3v) is 4.45. The molecule has 3 rings (SSSR count). The third kappa shape index (κ3) is 3.80. The second-order valence-corrected chi connectivity index (χ2v) is 6.20.